The third-order valence-electron chi connectivity index (χ3n) is 3.25. The van der Waals surface area contributed by atoms with Gasteiger partial charge in [0.2, 0.25) is 0 Å². The number of phenolic OH excluding ortho intramolecular Hbond substituents is 2. The van der Waals surface area contributed by atoms with E-state index in [1.54, 1.807) is 6.92 Å². The molecule has 0 aliphatic heterocycles. The molecule has 22 heavy (non-hydrogen) atoms. The summed E-state index contributed by atoms with van der Waals surface area (Å²) in [6.45, 7) is 1.85. The Bertz CT molecular complexity index is 821. The number of ether oxygens (including phenoxy) is 1. The minimum Gasteiger partial charge on any atom is -0.507 e. The SMILES string of the molecule is CCOC(=O)c1cc(O)c(-c2nc3ccccc3[nH]2)cc1O. The number of rotatable bonds is 3. The van der Waals surface area contributed by atoms with Crippen molar-refractivity contribution >= 4 is 17.0 Å². The zero-order valence-corrected chi connectivity index (χ0v) is 11.8. The monoisotopic (exact) mass is 298 g/mol. The Kier molecular flexibility index (Phi) is 3.42. The van der Waals surface area contributed by atoms with Crippen LogP contribution < -0.4 is 0 Å². The maximum absolute atomic E-state index is 11.7. The first-order valence-corrected chi connectivity index (χ1v) is 6.78. The molecule has 6 heteroatoms. The average molecular weight is 298 g/mol. The lowest BCUT2D eigenvalue weighted by Crippen LogP contribution is -2.05. The Morgan fingerprint density at radius 2 is 2.00 bits per heavy atom. The van der Waals surface area contributed by atoms with E-state index >= 15 is 0 Å². The van der Waals surface area contributed by atoms with Crippen LogP contribution in [0, 0.1) is 0 Å². The maximum Gasteiger partial charge on any atom is 0.342 e. The predicted molar refractivity (Wildman–Crippen MR) is 80.8 cm³/mol. The second kappa shape index (κ2) is 5.40. The quantitative estimate of drug-likeness (QED) is 0.510. The van der Waals surface area contributed by atoms with Crippen molar-refractivity contribution in [2.24, 2.45) is 0 Å². The Labute approximate surface area is 126 Å². The highest BCUT2D eigenvalue weighted by Gasteiger charge is 2.18. The number of aromatic hydroxyl groups is 2. The average Bonchev–Trinajstić information content (AvgIpc) is 2.93. The van der Waals surface area contributed by atoms with Crippen LogP contribution in [0.4, 0.5) is 0 Å². The summed E-state index contributed by atoms with van der Waals surface area (Å²) in [6, 6.07) is 9.88. The molecule has 3 rings (SSSR count). The lowest BCUT2D eigenvalue weighted by Gasteiger charge is -2.08. The number of esters is 1. The molecule has 3 N–H and O–H groups in total. The number of carbonyl (C=O) groups is 1. The highest BCUT2D eigenvalue weighted by molar-refractivity contribution is 5.94. The van der Waals surface area contributed by atoms with Crippen molar-refractivity contribution in [3.63, 3.8) is 0 Å². The zero-order valence-electron chi connectivity index (χ0n) is 11.8. The number of aromatic amines is 1. The summed E-state index contributed by atoms with van der Waals surface area (Å²) in [7, 11) is 0. The van der Waals surface area contributed by atoms with Crippen LogP contribution >= 0.6 is 0 Å². The molecule has 3 aromatic rings. The van der Waals surface area contributed by atoms with Gasteiger partial charge in [-0.05, 0) is 31.2 Å². The van der Waals surface area contributed by atoms with Gasteiger partial charge in [0, 0.05) is 0 Å². The van der Waals surface area contributed by atoms with Crippen molar-refractivity contribution in [1.29, 1.82) is 0 Å². The number of fused-ring (bicyclic) bond motifs is 1. The number of carbonyl (C=O) groups excluding carboxylic acids is 1. The molecule has 0 aliphatic carbocycles. The zero-order chi connectivity index (χ0) is 15.7. The molecule has 0 saturated heterocycles. The fourth-order valence-electron chi connectivity index (χ4n) is 2.22. The number of benzene rings is 2. The van der Waals surface area contributed by atoms with Gasteiger partial charge in [-0.3, -0.25) is 0 Å². The van der Waals surface area contributed by atoms with Crippen molar-refractivity contribution in [3.05, 3.63) is 42.0 Å². The molecule has 0 aliphatic rings. The number of nitrogens with zero attached hydrogens (tertiary/aromatic N) is 1. The van der Waals surface area contributed by atoms with Gasteiger partial charge in [0.25, 0.3) is 0 Å². The summed E-state index contributed by atoms with van der Waals surface area (Å²) in [5, 5.41) is 20.1. The Morgan fingerprint density at radius 3 is 2.73 bits per heavy atom. The molecule has 0 unspecified atom stereocenters. The molecular formula is C16H14N2O4. The summed E-state index contributed by atoms with van der Waals surface area (Å²) in [5.41, 5.74) is 1.78. The molecule has 0 fully saturated rings. The Balaban J connectivity index is 2.08. The van der Waals surface area contributed by atoms with E-state index < -0.39 is 5.97 Å². The standard InChI is InChI=1S/C16H14N2O4/c1-2-22-16(21)10-8-13(19)9(7-14(10)20)15-17-11-5-3-4-6-12(11)18-15/h3-8,19-20H,2H2,1H3,(H,17,18). The van der Waals surface area contributed by atoms with Crippen LogP contribution in [0.3, 0.4) is 0 Å². The lowest BCUT2D eigenvalue weighted by molar-refractivity contribution is 0.0522. The number of nitrogens with one attached hydrogen (secondary N) is 1. The van der Waals surface area contributed by atoms with Gasteiger partial charge in [0.1, 0.15) is 22.9 Å². The van der Waals surface area contributed by atoms with Crippen LogP contribution in [0.1, 0.15) is 17.3 Å². The number of hydrogen-bond acceptors (Lipinski definition) is 5. The number of H-pyrrole nitrogens is 1. The van der Waals surface area contributed by atoms with Gasteiger partial charge in [-0.2, -0.15) is 0 Å². The van der Waals surface area contributed by atoms with Crippen molar-refractivity contribution in [3.8, 4) is 22.9 Å². The second-order valence-corrected chi connectivity index (χ2v) is 4.71. The summed E-state index contributed by atoms with van der Waals surface area (Å²) >= 11 is 0. The topological polar surface area (TPSA) is 95.4 Å². The molecule has 0 saturated carbocycles. The largest absolute Gasteiger partial charge is 0.507 e. The van der Waals surface area contributed by atoms with Gasteiger partial charge in [0.05, 0.1) is 23.2 Å². The molecule has 0 atom stereocenters. The normalized spacial score (nSPS) is 10.8. The van der Waals surface area contributed by atoms with Gasteiger partial charge in [-0.15, -0.1) is 0 Å². The van der Waals surface area contributed by atoms with Crippen LogP contribution in [-0.2, 0) is 4.74 Å². The van der Waals surface area contributed by atoms with Crippen molar-refractivity contribution in [2.45, 2.75) is 6.92 Å². The van der Waals surface area contributed by atoms with E-state index in [1.165, 1.54) is 12.1 Å². The first-order valence-electron chi connectivity index (χ1n) is 6.78. The van der Waals surface area contributed by atoms with E-state index in [2.05, 4.69) is 9.97 Å². The molecule has 0 radical (unpaired) electrons. The molecule has 112 valence electrons. The minimum atomic E-state index is -0.688. The number of imidazole rings is 1. The maximum atomic E-state index is 11.7. The summed E-state index contributed by atoms with van der Waals surface area (Å²) in [6.07, 6.45) is 0. The first-order chi connectivity index (χ1) is 10.6. The molecular weight excluding hydrogens is 284 g/mol. The van der Waals surface area contributed by atoms with Crippen LogP contribution in [-0.4, -0.2) is 32.8 Å². The predicted octanol–water partition coefficient (Wildman–Crippen LogP) is 2.82. The van der Waals surface area contributed by atoms with E-state index in [-0.39, 0.29) is 23.7 Å². The Morgan fingerprint density at radius 1 is 1.23 bits per heavy atom. The first kappa shape index (κ1) is 13.9. The van der Waals surface area contributed by atoms with Gasteiger partial charge in [-0.1, -0.05) is 12.1 Å². The smallest absolute Gasteiger partial charge is 0.342 e. The summed E-state index contributed by atoms with van der Waals surface area (Å²) in [5.74, 6) is -0.720. The molecule has 1 heterocycles. The fraction of sp³-hybridized carbons (Fsp3) is 0.125. The van der Waals surface area contributed by atoms with Crippen LogP contribution in [0.25, 0.3) is 22.4 Å². The lowest BCUT2D eigenvalue weighted by atomic mass is 10.1. The number of phenols is 2. The van der Waals surface area contributed by atoms with Crippen molar-refractivity contribution in [2.75, 3.05) is 6.61 Å². The minimum absolute atomic E-state index is 0.0841. The van der Waals surface area contributed by atoms with E-state index in [4.69, 9.17) is 4.74 Å². The highest BCUT2D eigenvalue weighted by Crippen LogP contribution is 2.34. The van der Waals surface area contributed by atoms with Crippen molar-refractivity contribution < 1.29 is 19.7 Å². The third kappa shape index (κ3) is 2.35. The van der Waals surface area contributed by atoms with Gasteiger partial charge in [-0.25, -0.2) is 9.78 Å². The molecule has 2 aromatic carbocycles. The van der Waals surface area contributed by atoms with E-state index in [9.17, 15) is 15.0 Å². The number of para-hydroxylation sites is 2. The summed E-state index contributed by atoms with van der Waals surface area (Å²) in [4.78, 5) is 19.1. The van der Waals surface area contributed by atoms with Gasteiger partial charge < -0.3 is 19.9 Å². The van der Waals surface area contributed by atoms with Crippen LogP contribution in [0.5, 0.6) is 11.5 Å². The molecule has 6 nitrogen and oxygen atoms in total. The van der Waals surface area contributed by atoms with E-state index in [0.29, 0.717) is 11.4 Å². The fourth-order valence-corrected chi connectivity index (χ4v) is 2.22. The number of aromatic nitrogens is 2. The van der Waals surface area contributed by atoms with E-state index in [1.807, 2.05) is 24.3 Å². The molecule has 0 bridgehead atoms. The van der Waals surface area contributed by atoms with Crippen LogP contribution in [0.15, 0.2) is 36.4 Å². The molecule has 0 spiro atoms. The third-order valence-corrected chi connectivity index (χ3v) is 3.25. The molecule has 1 aromatic heterocycles. The van der Waals surface area contributed by atoms with E-state index in [0.717, 1.165) is 11.0 Å². The van der Waals surface area contributed by atoms with Gasteiger partial charge >= 0.3 is 5.97 Å². The second-order valence-electron chi connectivity index (χ2n) is 4.71. The Hall–Kier alpha value is -3.02. The van der Waals surface area contributed by atoms with Crippen molar-refractivity contribution in [1.82, 2.24) is 9.97 Å². The molecule has 0 amide bonds. The summed E-state index contributed by atoms with van der Waals surface area (Å²) < 4.78 is 4.82. The highest BCUT2D eigenvalue weighted by atomic mass is 16.5. The van der Waals surface area contributed by atoms with Crippen LogP contribution in [0.2, 0.25) is 0 Å². The number of hydrogen-bond donors (Lipinski definition) is 3. The van der Waals surface area contributed by atoms with Gasteiger partial charge in [0.15, 0.2) is 0 Å².